The van der Waals surface area contributed by atoms with Gasteiger partial charge in [0, 0.05) is 31.7 Å². The van der Waals surface area contributed by atoms with Crippen molar-refractivity contribution in [2.45, 2.75) is 6.54 Å². The van der Waals surface area contributed by atoms with E-state index >= 15 is 0 Å². The number of hydrogen-bond donors (Lipinski definition) is 1. The number of aromatic nitrogens is 1. The number of nitrogens with zero attached hydrogens (tertiary/aromatic N) is 2. The first-order valence-corrected chi connectivity index (χ1v) is 9.99. The number of benzene rings is 1. The minimum absolute atomic E-state index is 0.122. The molecule has 0 atom stereocenters. The molecule has 3 aromatic rings. The zero-order valence-electron chi connectivity index (χ0n) is 15.0. The van der Waals surface area contributed by atoms with Crippen molar-refractivity contribution < 1.29 is 13.9 Å². The molecule has 0 spiro atoms. The number of rotatable bonds is 6. The first-order chi connectivity index (χ1) is 13.2. The fraction of sp³-hybridized carbons (Fsp3) is 0.350. The maximum absolute atomic E-state index is 14.1. The fourth-order valence-corrected chi connectivity index (χ4v) is 4.20. The summed E-state index contributed by atoms with van der Waals surface area (Å²) in [7, 11) is 0. The highest BCUT2D eigenvalue weighted by Gasteiger charge is 2.18. The lowest BCUT2D eigenvalue weighted by molar-refractivity contribution is 0.0383. The quantitative estimate of drug-likeness (QED) is 0.707. The molecule has 1 aliphatic heterocycles. The summed E-state index contributed by atoms with van der Waals surface area (Å²) < 4.78 is 22.4. The summed E-state index contributed by atoms with van der Waals surface area (Å²) in [5.74, 6) is -0.378. The van der Waals surface area contributed by atoms with E-state index in [-0.39, 0.29) is 11.7 Å². The van der Waals surface area contributed by atoms with Crippen LogP contribution in [0.2, 0.25) is 0 Å². The molecule has 4 rings (SSSR count). The van der Waals surface area contributed by atoms with Crippen LogP contribution in [-0.2, 0) is 11.3 Å². The second-order valence-electron chi connectivity index (χ2n) is 6.59. The van der Waals surface area contributed by atoms with Crippen LogP contribution in [0, 0.1) is 5.82 Å². The normalized spacial score (nSPS) is 15.3. The molecule has 2 aromatic heterocycles. The molecule has 1 aromatic carbocycles. The molecule has 0 aliphatic carbocycles. The van der Waals surface area contributed by atoms with Gasteiger partial charge in [-0.25, -0.2) is 4.39 Å². The van der Waals surface area contributed by atoms with Crippen LogP contribution in [0.15, 0.2) is 41.8 Å². The van der Waals surface area contributed by atoms with Crippen LogP contribution >= 0.6 is 11.3 Å². The third kappa shape index (κ3) is 4.05. The highest BCUT2D eigenvalue weighted by atomic mass is 32.1. The number of carbonyl (C=O) groups is 1. The predicted molar refractivity (Wildman–Crippen MR) is 105 cm³/mol. The molecule has 1 fully saturated rings. The maximum atomic E-state index is 14.1. The van der Waals surface area contributed by atoms with Crippen molar-refractivity contribution in [1.29, 1.82) is 0 Å². The molecule has 0 unspecified atom stereocenters. The van der Waals surface area contributed by atoms with E-state index in [4.69, 9.17) is 4.74 Å². The standard InChI is InChI=1S/C20H22FN3O2S/c21-16-4-2-1-3-15(16)14-24-17-5-12-27-19(17)13-18(24)20(25)22-6-7-23-8-10-26-11-9-23/h1-5,12-13H,6-11,14H2,(H,22,25). The van der Waals surface area contributed by atoms with Gasteiger partial charge in [0.1, 0.15) is 11.5 Å². The highest BCUT2D eigenvalue weighted by molar-refractivity contribution is 7.17. The number of hydrogen-bond acceptors (Lipinski definition) is 4. The summed E-state index contributed by atoms with van der Waals surface area (Å²) in [6, 6.07) is 10.6. The monoisotopic (exact) mass is 387 g/mol. The lowest BCUT2D eigenvalue weighted by Crippen LogP contribution is -2.41. The zero-order chi connectivity index (χ0) is 18.6. The smallest absolute Gasteiger partial charge is 0.268 e. The Morgan fingerprint density at radius 1 is 1.22 bits per heavy atom. The van der Waals surface area contributed by atoms with Crippen molar-refractivity contribution in [2.24, 2.45) is 0 Å². The first kappa shape index (κ1) is 18.2. The third-order valence-corrected chi connectivity index (χ3v) is 5.71. The SMILES string of the molecule is O=C(NCCN1CCOCC1)c1cc2sccc2n1Cc1ccccc1F. The van der Waals surface area contributed by atoms with Gasteiger partial charge in [0.2, 0.25) is 0 Å². The minimum atomic E-state index is -0.256. The molecule has 0 radical (unpaired) electrons. The Balaban J connectivity index is 1.49. The number of ether oxygens (including phenoxy) is 1. The molecule has 7 heteroatoms. The van der Waals surface area contributed by atoms with Gasteiger partial charge < -0.3 is 14.6 Å². The number of amides is 1. The molecule has 5 nitrogen and oxygen atoms in total. The van der Waals surface area contributed by atoms with Gasteiger partial charge in [0.15, 0.2) is 0 Å². The van der Waals surface area contributed by atoms with E-state index in [0.29, 0.717) is 24.3 Å². The maximum Gasteiger partial charge on any atom is 0.268 e. The summed E-state index contributed by atoms with van der Waals surface area (Å²) >= 11 is 1.58. The fourth-order valence-electron chi connectivity index (χ4n) is 3.38. The number of fused-ring (bicyclic) bond motifs is 1. The van der Waals surface area contributed by atoms with E-state index in [1.807, 2.05) is 28.1 Å². The van der Waals surface area contributed by atoms with Gasteiger partial charge >= 0.3 is 0 Å². The van der Waals surface area contributed by atoms with Crippen molar-refractivity contribution in [3.8, 4) is 0 Å². The lowest BCUT2D eigenvalue weighted by atomic mass is 10.2. The Labute approximate surface area is 161 Å². The van der Waals surface area contributed by atoms with Gasteiger partial charge in [0.25, 0.3) is 5.91 Å². The summed E-state index contributed by atoms with van der Waals surface area (Å²) in [6.07, 6.45) is 0. The second-order valence-corrected chi connectivity index (χ2v) is 7.53. The van der Waals surface area contributed by atoms with Gasteiger partial charge in [-0.05, 0) is 23.6 Å². The van der Waals surface area contributed by atoms with E-state index < -0.39 is 0 Å². The molecule has 1 amide bonds. The second kappa shape index (κ2) is 8.21. The van der Waals surface area contributed by atoms with Crippen molar-refractivity contribution in [3.05, 3.63) is 58.9 Å². The molecule has 1 N–H and O–H groups in total. The molecule has 1 aliphatic rings. The van der Waals surface area contributed by atoms with Crippen LogP contribution in [0.3, 0.4) is 0 Å². The Hall–Kier alpha value is -2.22. The average Bonchev–Trinajstić information content (AvgIpc) is 3.27. The number of nitrogens with one attached hydrogen (secondary N) is 1. The number of morpholine rings is 1. The van der Waals surface area contributed by atoms with E-state index in [9.17, 15) is 9.18 Å². The molecule has 0 bridgehead atoms. The Kier molecular flexibility index (Phi) is 5.52. The molecule has 1 saturated heterocycles. The summed E-state index contributed by atoms with van der Waals surface area (Å²) in [4.78, 5) is 15.1. The lowest BCUT2D eigenvalue weighted by Gasteiger charge is -2.26. The Morgan fingerprint density at radius 2 is 2.04 bits per heavy atom. The summed E-state index contributed by atoms with van der Waals surface area (Å²) in [5.41, 5.74) is 2.10. The number of halogens is 1. The highest BCUT2D eigenvalue weighted by Crippen LogP contribution is 2.26. The van der Waals surface area contributed by atoms with Crippen LogP contribution in [-0.4, -0.2) is 54.8 Å². The van der Waals surface area contributed by atoms with Gasteiger partial charge in [0.05, 0.1) is 30.0 Å². The van der Waals surface area contributed by atoms with Crippen LogP contribution in [0.25, 0.3) is 10.2 Å². The molecule has 0 saturated carbocycles. The van der Waals surface area contributed by atoms with Crippen molar-refractivity contribution in [2.75, 3.05) is 39.4 Å². The number of carbonyl (C=O) groups excluding carboxylic acids is 1. The van der Waals surface area contributed by atoms with Crippen molar-refractivity contribution in [1.82, 2.24) is 14.8 Å². The van der Waals surface area contributed by atoms with Crippen LogP contribution < -0.4 is 5.32 Å². The van der Waals surface area contributed by atoms with E-state index in [1.165, 1.54) is 6.07 Å². The molecular weight excluding hydrogens is 365 g/mol. The van der Waals surface area contributed by atoms with Crippen LogP contribution in [0.5, 0.6) is 0 Å². The Bertz CT molecular complexity index is 930. The molecule has 27 heavy (non-hydrogen) atoms. The van der Waals surface area contributed by atoms with Crippen molar-refractivity contribution >= 4 is 27.5 Å². The summed E-state index contributed by atoms with van der Waals surface area (Å²) in [5, 5.41) is 5.00. The van der Waals surface area contributed by atoms with Crippen LogP contribution in [0.4, 0.5) is 4.39 Å². The first-order valence-electron chi connectivity index (χ1n) is 9.11. The Morgan fingerprint density at radius 3 is 2.85 bits per heavy atom. The minimum Gasteiger partial charge on any atom is -0.379 e. The molecule has 3 heterocycles. The van der Waals surface area contributed by atoms with E-state index in [0.717, 1.165) is 43.1 Å². The zero-order valence-corrected chi connectivity index (χ0v) is 15.8. The average molecular weight is 387 g/mol. The summed E-state index contributed by atoms with van der Waals surface area (Å²) in [6.45, 7) is 5.00. The van der Waals surface area contributed by atoms with Gasteiger partial charge in [-0.2, -0.15) is 0 Å². The topological polar surface area (TPSA) is 46.5 Å². The van der Waals surface area contributed by atoms with Crippen LogP contribution in [0.1, 0.15) is 16.1 Å². The van der Waals surface area contributed by atoms with Gasteiger partial charge in [-0.15, -0.1) is 11.3 Å². The molecular formula is C20H22FN3O2S. The van der Waals surface area contributed by atoms with Crippen molar-refractivity contribution in [3.63, 3.8) is 0 Å². The number of thiophene rings is 1. The van der Waals surface area contributed by atoms with Gasteiger partial charge in [-0.1, -0.05) is 18.2 Å². The van der Waals surface area contributed by atoms with E-state index in [2.05, 4.69) is 10.2 Å². The largest absolute Gasteiger partial charge is 0.379 e. The third-order valence-electron chi connectivity index (χ3n) is 4.86. The molecule has 142 valence electrons. The predicted octanol–water partition coefficient (Wildman–Crippen LogP) is 2.95. The van der Waals surface area contributed by atoms with Gasteiger partial charge in [-0.3, -0.25) is 9.69 Å². The van der Waals surface area contributed by atoms with E-state index in [1.54, 1.807) is 23.5 Å².